The third kappa shape index (κ3) is 3.03. The van der Waals surface area contributed by atoms with Crippen LogP contribution in [0, 0.1) is 0 Å². The highest BCUT2D eigenvalue weighted by atomic mass is 16.5. The number of ether oxygens (including phenoxy) is 2. The van der Waals surface area contributed by atoms with Gasteiger partial charge in [-0.2, -0.15) is 5.10 Å². The summed E-state index contributed by atoms with van der Waals surface area (Å²) in [5.74, 6) is 2.03. The van der Waals surface area contributed by atoms with Gasteiger partial charge in [-0.25, -0.2) is 4.68 Å². The molecule has 21 heavy (non-hydrogen) atoms. The number of hydrogen-bond donors (Lipinski definition) is 0. The van der Waals surface area contributed by atoms with E-state index in [0.717, 1.165) is 37.9 Å². The maximum atomic E-state index is 5.51. The minimum Gasteiger partial charge on any atom is -0.497 e. The van der Waals surface area contributed by atoms with Crippen molar-refractivity contribution in [3.05, 3.63) is 42.1 Å². The normalized spacial score (nSPS) is 18.8. The van der Waals surface area contributed by atoms with Crippen LogP contribution < -0.4 is 9.64 Å². The van der Waals surface area contributed by atoms with Crippen LogP contribution in [0.25, 0.3) is 0 Å². The second kappa shape index (κ2) is 6.18. The first-order valence-corrected chi connectivity index (χ1v) is 7.27. The number of nitrogens with zero attached hydrogens (tertiary/aromatic N) is 3. The molecule has 5 nitrogen and oxygen atoms in total. The van der Waals surface area contributed by atoms with Gasteiger partial charge in [-0.1, -0.05) is 12.1 Å². The molecular formula is C16H21N3O2. The van der Waals surface area contributed by atoms with Gasteiger partial charge in [-0.05, 0) is 24.6 Å². The molecule has 1 aliphatic heterocycles. The summed E-state index contributed by atoms with van der Waals surface area (Å²) in [6.45, 7) is 5.40. The SMILES string of the molecule is COc1ccc(Cn2nccc2N2CCOC[C@H]2C)cc1. The molecule has 0 aliphatic carbocycles. The molecule has 1 aromatic heterocycles. The lowest BCUT2D eigenvalue weighted by atomic mass is 10.2. The number of aromatic nitrogens is 2. The molecule has 112 valence electrons. The molecule has 3 rings (SSSR count). The Hall–Kier alpha value is -2.01. The van der Waals surface area contributed by atoms with Gasteiger partial charge in [-0.15, -0.1) is 0 Å². The Bertz CT molecular complexity index is 579. The largest absolute Gasteiger partial charge is 0.497 e. The lowest BCUT2D eigenvalue weighted by Gasteiger charge is -2.35. The topological polar surface area (TPSA) is 39.5 Å². The van der Waals surface area contributed by atoms with E-state index in [-0.39, 0.29) is 0 Å². The highest BCUT2D eigenvalue weighted by Gasteiger charge is 2.21. The molecule has 0 N–H and O–H groups in total. The Kier molecular flexibility index (Phi) is 4.10. The molecule has 1 fully saturated rings. The summed E-state index contributed by atoms with van der Waals surface area (Å²) in [5, 5.41) is 4.47. The number of methoxy groups -OCH3 is 1. The van der Waals surface area contributed by atoms with Crippen LogP contribution in [0.4, 0.5) is 5.82 Å². The van der Waals surface area contributed by atoms with Gasteiger partial charge < -0.3 is 14.4 Å². The Balaban J connectivity index is 1.78. The monoisotopic (exact) mass is 287 g/mol. The second-order valence-electron chi connectivity index (χ2n) is 5.31. The van der Waals surface area contributed by atoms with Crippen molar-refractivity contribution < 1.29 is 9.47 Å². The lowest BCUT2D eigenvalue weighted by Crippen LogP contribution is -2.44. The second-order valence-corrected chi connectivity index (χ2v) is 5.31. The van der Waals surface area contributed by atoms with Crippen LogP contribution in [0.5, 0.6) is 5.75 Å². The van der Waals surface area contributed by atoms with E-state index in [0.29, 0.717) is 6.04 Å². The molecule has 0 saturated carbocycles. The van der Waals surface area contributed by atoms with E-state index >= 15 is 0 Å². The zero-order valence-electron chi connectivity index (χ0n) is 12.5. The van der Waals surface area contributed by atoms with Gasteiger partial charge in [0.05, 0.1) is 39.1 Å². The smallest absolute Gasteiger partial charge is 0.127 e. The number of rotatable bonds is 4. The van der Waals surface area contributed by atoms with E-state index in [1.54, 1.807) is 7.11 Å². The summed E-state index contributed by atoms with van der Waals surface area (Å²) in [7, 11) is 1.68. The maximum absolute atomic E-state index is 5.51. The molecule has 0 radical (unpaired) electrons. The highest BCUT2D eigenvalue weighted by molar-refractivity contribution is 5.41. The number of benzene rings is 1. The van der Waals surface area contributed by atoms with Crippen molar-refractivity contribution in [2.45, 2.75) is 19.5 Å². The van der Waals surface area contributed by atoms with Gasteiger partial charge in [0.15, 0.2) is 0 Å². The average molecular weight is 287 g/mol. The molecule has 1 aliphatic rings. The summed E-state index contributed by atoms with van der Waals surface area (Å²) >= 11 is 0. The van der Waals surface area contributed by atoms with Crippen molar-refractivity contribution in [2.75, 3.05) is 31.8 Å². The van der Waals surface area contributed by atoms with Crippen LogP contribution in [-0.4, -0.2) is 42.7 Å². The van der Waals surface area contributed by atoms with E-state index < -0.39 is 0 Å². The molecule has 0 spiro atoms. The third-order valence-electron chi connectivity index (χ3n) is 3.85. The van der Waals surface area contributed by atoms with E-state index in [9.17, 15) is 0 Å². The van der Waals surface area contributed by atoms with E-state index in [1.807, 2.05) is 23.0 Å². The first kappa shape index (κ1) is 13.9. The third-order valence-corrected chi connectivity index (χ3v) is 3.85. The van der Waals surface area contributed by atoms with Gasteiger partial charge in [-0.3, -0.25) is 0 Å². The van der Waals surface area contributed by atoms with Crippen molar-refractivity contribution in [1.29, 1.82) is 0 Å². The summed E-state index contributed by atoms with van der Waals surface area (Å²) in [6, 6.07) is 10.6. The first-order valence-electron chi connectivity index (χ1n) is 7.27. The fourth-order valence-corrected chi connectivity index (χ4v) is 2.66. The number of hydrogen-bond acceptors (Lipinski definition) is 4. The van der Waals surface area contributed by atoms with Gasteiger partial charge >= 0.3 is 0 Å². The zero-order valence-corrected chi connectivity index (χ0v) is 12.5. The van der Waals surface area contributed by atoms with E-state index in [4.69, 9.17) is 9.47 Å². The van der Waals surface area contributed by atoms with Crippen LogP contribution in [0.1, 0.15) is 12.5 Å². The Morgan fingerprint density at radius 3 is 2.81 bits per heavy atom. The van der Waals surface area contributed by atoms with Crippen LogP contribution >= 0.6 is 0 Å². The molecule has 0 unspecified atom stereocenters. The van der Waals surface area contributed by atoms with Crippen molar-refractivity contribution in [2.24, 2.45) is 0 Å². The Morgan fingerprint density at radius 1 is 1.29 bits per heavy atom. The summed E-state index contributed by atoms with van der Waals surface area (Å²) < 4.78 is 12.7. The van der Waals surface area contributed by atoms with Crippen molar-refractivity contribution in [3.8, 4) is 5.75 Å². The van der Waals surface area contributed by atoms with Crippen LogP contribution in [0.2, 0.25) is 0 Å². The molecule has 1 atom stereocenters. The molecule has 0 amide bonds. The molecule has 2 heterocycles. The summed E-state index contributed by atoms with van der Waals surface area (Å²) in [5.41, 5.74) is 1.21. The quantitative estimate of drug-likeness (QED) is 0.864. The molecule has 1 saturated heterocycles. The fourth-order valence-electron chi connectivity index (χ4n) is 2.66. The summed E-state index contributed by atoms with van der Waals surface area (Å²) in [6.07, 6.45) is 1.86. The standard InChI is InChI=1S/C16H21N3O2/c1-13-12-21-10-9-18(13)16-7-8-17-19(16)11-14-3-5-15(20-2)6-4-14/h3-8,13H,9-12H2,1-2H3/t13-/m1/s1. The fraction of sp³-hybridized carbons (Fsp3) is 0.438. The summed E-state index contributed by atoms with van der Waals surface area (Å²) in [4.78, 5) is 2.36. The van der Waals surface area contributed by atoms with E-state index in [2.05, 4.69) is 35.1 Å². The predicted octanol–water partition coefficient (Wildman–Crippen LogP) is 2.17. The average Bonchev–Trinajstić information content (AvgIpc) is 2.96. The van der Waals surface area contributed by atoms with Gasteiger partial charge in [0, 0.05) is 12.6 Å². The molecule has 0 bridgehead atoms. The molecule has 1 aromatic carbocycles. The van der Waals surface area contributed by atoms with Crippen molar-refractivity contribution in [3.63, 3.8) is 0 Å². The van der Waals surface area contributed by atoms with Gasteiger partial charge in [0.1, 0.15) is 11.6 Å². The van der Waals surface area contributed by atoms with Crippen LogP contribution in [-0.2, 0) is 11.3 Å². The maximum Gasteiger partial charge on any atom is 0.127 e. The first-order chi connectivity index (χ1) is 10.3. The Morgan fingerprint density at radius 2 is 2.10 bits per heavy atom. The molecule has 5 heteroatoms. The molecule has 2 aromatic rings. The lowest BCUT2D eigenvalue weighted by molar-refractivity contribution is 0.0981. The number of anilines is 1. The van der Waals surface area contributed by atoms with Crippen LogP contribution in [0.3, 0.4) is 0 Å². The highest BCUT2D eigenvalue weighted by Crippen LogP contribution is 2.21. The van der Waals surface area contributed by atoms with E-state index in [1.165, 1.54) is 5.56 Å². The van der Waals surface area contributed by atoms with Crippen LogP contribution in [0.15, 0.2) is 36.5 Å². The van der Waals surface area contributed by atoms with Gasteiger partial charge in [0.2, 0.25) is 0 Å². The van der Waals surface area contributed by atoms with Crippen molar-refractivity contribution in [1.82, 2.24) is 9.78 Å². The predicted molar refractivity (Wildman–Crippen MR) is 82.0 cm³/mol. The minimum atomic E-state index is 0.380. The van der Waals surface area contributed by atoms with Crippen molar-refractivity contribution >= 4 is 5.82 Å². The Labute approximate surface area is 125 Å². The number of morpholine rings is 1. The zero-order chi connectivity index (χ0) is 14.7. The molecular weight excluding hydrogens is 266 g/mol. The van der Waals surface area contributed by atoms with Gasteiger partial charge in [0.25, 0.3) is 0 Å². The minimum absolute atomic E-state index is 0.380.